The Labute approximate surface area is 115 Å². The Morgan fingerprint density at radius 3 is 2.79 bits per heavy atom. The van der Waals surface area contributed by atoms with Crippen LogP contribution in [-0.2, 0) is 9.59 Å². The van der Waals surface area contributed by atoms with E-state index in [1.807, 2.05) is 6.92 Å². The fourth-order valence-corrected chi connectivity index (χ4v) is 3.54. The summed E-state index contributed by atoms with van der Waals surface area (Å²) in [5.74, 6) is -0.743. The normalized spacial score (nSPS) is 34.7. The Kier molecular flexibility index (Phi) is 4.03. The summed E-state index contributed by atoms with van der Waals surface area (Å²) in [6.45, 7) is 2.00. The average molecular weight is 286 g/mol. The van der Waals surface area contributed by atoms with Crippen LogP contribution in [0.15, 0.2) is 0 Å². The fraction of sp³-hybridized carbons (Fsp3) is 0.750. The molecule has 0 bridgehead atoms. The van der Waals surface area contributed by atoms with Crippen LogP contribution in [0.4, 0.5) is 4.79 Å². The van der Waals surface area contributed by atoms with E-state index in [9.17, 15) is 19.5 Å². The molecule has 2 rings (SSSR count). The average Bonchev–Trinajstić information content (AvgIpc) is 2.75. The smallest absolute Gasteiger partial charge is 0.329 e. The molecule has 2 amide bonds. The second kappa shape index (κ2) is 5.40. The van der Waals surface area contributed by atoms with Crippen molar-refractivity contribution in [1.82, 2.24) is 10.6 Å². The van der Waals surface area contributed by atoms with Crippen LogP contribution in [0.2, 0.25) is 0 Å². The lowest BCUT2D eigenvalue weighted by atomic mass is 9.76. The van der Waals surface area contributed by atoms with Crippen molar-refractivity contribution in [3.05, 3.63) is 0 Å². The number of nitrogens with one attached hydrogen (secondary N) is 2. The zero-order chi connectivity index (χ0) is 14.0. The van der Waals surface area contributed by atoms with Crippen LogP contribution in [-0.4, -0.2) is 39.6 Å². The molecule has 1 heterocycles. The molecule has 6 nitrogen and oxygen atoms in total. The molecule has 19 heavy (non-hydrogen) atoms. The van der Waals surface area contributed by atoms with E-state index >= 15 is 0 Å². The molecular weight excluding hydrogens is 268 g/mol. The van der Waals surface area contributed by atoms with Crippen LogP contribution >= 0.6 is 11.8 Å². The second-order valence-electron chi connectivity index (χ2n) is 5.37. The van der Waals surface area contributed by atoms with Gasteiger partial charge in [0.15, 0.2) is 0 Å². The van der Waals surface area contributed by atoms with Crippen molar-refractivity contribution in [2.75, 3.05) is 5.75 Å². The SMILES string of the molecule is CC1CCCC(NC(=O)C2CSC(=O)N2)(C(=O)O)C1. The Morgan fingerprint density at radius 2 is 2.26 bits per heavy atom. The summed E-state index contributed by atoms with van der Waals surface area (Å²) in [5, 5.41) is 14.4. The predicted octanol–water partition coefficient (Wildman–Crippen LogP) is 0.961. The maximum Gasteiger partial charge on any atom is 0.329 e. The number of thioether (sulfide) groups is 1. The van der Waals surface area contributed by atoms with Crippen LogP contribution in [0.5, 0.6) is 0 Å². The van der Waals surface area contributed by atoms with Crippen LogP contribution in [0.1, 0.15) is 32.6 Å². The molecule has 1 saturated carbocycles. The van der Waals surface area contributed by atoms with Crippen molar-refractivity contribution in [3.8, 4) is 0 Å². The lowest BCUT2D eigenvalue weighted by Gasteiger charge is -2.37. The zero-order valence-corrected chi connectivity index (χ0v) is 11.6. The molecule has 7 heteroatoms. The Morgan fingerprint density at radius 1 is 1.53 bits per heavy atom. The standard InChI is InChI=1S/C12H18N2O4S/c1-7-3-2-4-12(5-7,10(16)17)14-9(15)8-6-19-11(18)13-8/h7-8H,2-6H2,1H3,(H,13,18)(H,14,15)(H,16,17). The van der Waals surface area contributed by atoms with Crippen molar-refractivity contribution in [3.63, 3.8) is 0 Å². The van der Waals surface area contributed by atoms with E-state index in [1.165, 1.54) is 0 Å². The fourth-order valence-electron chi connectivity index (χ4n) is 2.76. The lowest BCUT2D eigenvalue weighted by Crippen LogP contribution is -2.60. The molecule has 1 aliphatic heterocycles. The van der Waals surface area contributed by atoms with Crippen LogP contribution in [0.3, 0.4) is 0 Å². The van der Waals surface area contributed by atoms with Gasteiger partial charge >= 0.3 is 5.97 Å². The van der Waals surface area contributed by atoms with E-state index in [4.69, 9.17) is 0 Å². The highest BCUT2D eigenvalue weighted by atomic mass is 32.2. The number of amides is 2. The van der Waals surface area contributed by atoms with Gasteiger partial charge in [-0.3, -0.25) is 9.59 Å². The molecule has 0 aromatic carbocycles. The first-order valence-electron chi connectivity index (χ1n) is 6.42. The van der Waals surface area contributed by atoms with Gasteiger partial charge in [0.2, 0.25) is 5.91 Å². The summed E-state index contributed by atoms with van der Waals surface area (Å²) in [6, 6.07) is -0.619. The number of carbonyl (C=O) groups excluding carboxylic acids is 2. The molecule has 3 atom stereocenters. The number of carbonyl (C=O) groups is 3. The largest absolute Gasteiger partial charge is 0.480 e. The topological polar surface area (TPSA) is 95.5 Å². The summed E-state index contributed by atoms with van der Waals surface area (Å²) in [5.41, 5.74) is -1.17. The monoisotopic (exact) mass is 286 g/mol. The number of carboxylic acid groups (broad SMARTS) is 1. The van der Waals surface area contributed by atoms with Crippen molar-refractivity contribution in [2.24, 2.45) is 5.92 Å². The summed E-state index contributed by atoms with van der Waals surface area (Å²) >= 11 is 1.05. The van der Waals surface area contributed by atoms with E-state index in [1.54, 1.807) is 0 Å². The zero-order valence-electron chi connectivity index (χ0n) is 10.8. The summed E-state index contributed by atoms with van der Waals surface area (Å²) in [7, 11) is 0. The molecule has 106 valence electrons. The molecule has 2 aliphatic rings. The maximum atomic E-state index is 12.1. The minimum Gasteiger partial charge on any atom is -0.480 e. The Balaban J connectivity index is 2.06. The first-order chi connectivity index (χ1) is 8.93. The minimum atomic E-state index is -1.17. The van der Waals surface area contributed by atoms with Crippen LogP contribution in [0, 0.1) is 5.92 Å². The molecule has 0 spiro atoms. The lowest BCUT2D eigenvalue weighted by molar-refractivity contribution is -0.150. The van der Waals surface area contributed by atoms with Gasteiger partial charge in [-0.25, -0.2) is 4.79 Å². The summed E-state index contributed by atoms with van der Waals surface area (Å²) < 4.78 is 0. The first kappa shape index (κ1) is 14.2. The third-order valence-corrected chi connectivity index (χ3v) is 4.64. The molecule has 1 saturated heterocycles. The number of carboxylic acids is 1. The summed E-state index contributed by atoms with van der Waals surface area (Å²) in [4.78, 5) is 34.7. The molecule has 0 radical (unpaired) electrons. The van der Waals surface area contributed by atoms with Gasteiger partial charge in [0.25, 0.3) is 5.24 Å². The molecular formula is C12H18N2O4S. The molecule has 0 aromatic heterocycles. The van der Waals surface area contributed by atoms with E-state index in [0.29, 0.717) is 18.6 Å². The summed E-state index contributed by atoms with van der Waals surface area (Å²) in [6.07, 6.45) is 2.68. The van der Waals surface area contributed by atoms with Crippen molar-refractivity contribution in [1.29, 1.82) is 0 Å². The van der Waals surface area contributed by atoms with Gasteiger partial charge in [0.05, 0.1) is 0 Å². The van der Waals surface area contributed by atoms with E-state index < -0.39 is 23.5 Å². The number of aliphatic carboxylic acids is 1. The van der Waals surface area contributed by atoms with Gasteiger partial charge in [-0.15, -0.1) is 0 Å². The van der Waals surface area contributed by atoms with Crippen molar-refractivity contribution >= 4 is 28.9 Å². The Bertz CT molecular complexity index is 415. The van der Waals surface area contributed by atoms with Gasteiger partial charge in [-0.05, 0) is 18.8 Å². The minimum absolute atomic E-state index is 0.235. The van der Waals surface area contributed by atoms with Gasteiger partial charge in [-0.2, -0.15) is 0 Å². The van der Waals surface area contributed by atoms with Crippen LogP contribution in [0.25, 0.3) is 0 Å². The van der Waals surface area contributed by atoms with E-state index in [0.717, 1.165) is 24.6 Å². The van der Waals surface area contributed by atoms with Crippen LogP contribution < -0.4 is 10.6 Å². The second-order valence-corrected chi connectivity index (χ2v) is 6.37. The highest BCUT2D eigenvalue weighted by Crippen LogP contribution is 2.32. The first-order valence-corrected chi connectivity index (χ1v) is 7.40. The number of hydrogen-bond donors (Lipinski definition) is 3. The highest BCUT2D eigenvalue weighted by Gasteiger charge is 2.44. The van der Waals surface area contributed by atoms with Gasteiger partial charge < -0.3 is 15.7 Å². The maximum absolute atomic E-state index is 12.1. The predicted molar refractivity (Wildman–Crippen MR) is 70.9 cm³/mol. The third-order valence-electron chi connectivity index (χ3n) is 3.76. The number of rotatable bonds is 3. The quantitative estimate of drug-likeness (QED) is 0.718. The van der Waals surface area contributed by atoms with Crippen molar-refractivity contribution in [2.45, 2.75) is 44.2 Å². The van der Waals surface area contributed by atoms with E-state index in [-0.39, 0.29) is 11.2 Å². The highest BCUT2D eigenvalue weighted by molar-refractivity contribution is 8.14. The molecule has 3 unspecified atom stereocenters. The number of hydrogen-bond acceptors (Lipinski definition) is 4. The Hall–Kier alpha value is -1.24. The van der Waals surface area contributed by atoms with Gasteiger partial charge in [0, 0.05) is 5.75 Å². The van der Waals surface area contributed by atoms with E-state index in [2.05, 4.69) is 10.6 Å². The third kappa shape index (κ3) is 3.02. The van der Waals surface area contributed by atoms with Crippen molar-refractivity contribution < 1.29 is 19.5 Å². The van der Waals surface area contributed by atoms with Gasteiger partial charge in [-0.1, -0.05) is 31.5 Å². The molecule has 1 aliphatic carbocycles. The van der Waals surface area contributed by atoms with Gasteiger partial charge in [0.1, 0.15) is 11.6 Å². The molecule has 2 fully saturated rings. The molecule has 0 aromatic rings. The molecule has 3 N–H and O–H groups in total.